The van der Waals surface area contributed by atoms with Crippen LogP contribution in [0.2, 0.25) is 10.0 Å². The van der Waals surface area contributed by atoms with Crippen LogP contribution in [0.3, 0.4) is 0 Å². The van der Waals surface area contributed by atoms with Crippen LogP contribution in [-0.4, -0.2) is 44.1 Å². The summed E-state index contributed by atoms with van der Waals surface area (Å²) in [5.41, 5.74) is 0.771. The van der Waals surface area contributed by atoms with Crippen LogP contribution < -0.4 is 20.4 Å². The second-order valence-electron chi connectivity index (χ2n) is 11.6. The first-order chi connectivity index (χ1) is 21.4. The van der Waals surface area contributed by atoms with Crippen molar-refractivity contribution in [1.29, 1.82) is 0 Å². The molecule has 3 aromatic rings. The molecule has 1 heterocycles. The fourth-order valence-electron chi connectivity index (χ4n) is 4.80. The standard InChI is InChI=1S/C32H33Cl2F6N5O/c1-19-15-28(45-13-11-44(12-14-45)23-8-6-22(7-9-23)31(35,36)37)25(34)17-26(19)42-20(2)43-27-16-21(5-10-24(27)33)18-41-29(46)30(3,4)32(38,39)40/h5-10,15-17H,11-14,18H2,1-4H3,(H,41,46)(H,42,43). The summed E-state index contributed by atoms with van der Waals surface area (Å²) in [5.74, 6) is -0.669. The molecule has 3 aromatic carbocycles. The molecule has 0 atom stereocenters. The Labute approximate surface area is 273 Å². The van der Waals surface area contributed by atoms with Gasteiger partial charge in [-0.1, -0.05) is 29.3 Å². The number of alkyl halides is 6. The van der Waals surface area contributed by atoms with E-state index in [1.165, 1.54) is 12.1 Å². The van der Waals surface area contributed by atoms with Gasteiger partial charge in [0, 0.05) is 38.4 Å². The summed E-state index contributed by atoms with van der Waals surface area (Å²) in [6.45, 7) is 7.57. The van der Waals surface area contributed by atoms with E-state index in [9.17, 15) is 31.1 Å². The molecule has 0 spiro atoms. The van der Waals surface area contributed by atoms with Gasteiger partial charge in [0.1, 0.15) is 11.3 Å². The molecule has 1 aliphatic heterocycles. The number of amides is 1. The third-order valence-electron chi connectivity index (χ3n) is 7.81. The number of carbonyl (C=O) groups excluding carboxylic acids is 1. The number of hydrogen-bond acceptors (Lipinski definition) is 4. The summed E-state index contributed by atoms with van der Waals surface area (Å²) in [5, 5.41) is 6.26. The minimum absolute atomic E-state index is 0.130. The summed E-state index contributed by atoms with van der Waals surface area (Å²) in [6.07, 6.45) is -9.07. The molecule has 1 amide bonds. The first-order valence-electron chi connectivity index (χ1n) is 14.3. The summed E-state index contributed by atoms with van der Waals surface area (Å²) in [6, 6.07) is 13.6. The lowest BCUT2D eigenvalue weighted by molar-refractivity contribution is -0.211. The second-order valence-corrected chi connectivity index (χ2v) is 12.4. The van der Waals surface area contributed by atoms with E-state index in [1.807, 2.05) is 17.9 Å². The zero-order chi connectivity index (χ0) is 34.0. The molecule has 0 aromatic heterocycles. The molecule has 0 bridgehead atoms. The van der Waals surface area contributed by atoms with Crippen LogP contribution in [0.1, 0.15) is 37.5 Å². The van der Waals surface area contributed by atoms with Crippen molar-refractivity contribution in [3.8, 4) is 0 Å². The molecular weight excluding hydrogens is 655 g/mol. The van der Waals surface area contributed by atoms with Gasteiger partial charge in [0.2, 0.25) is 5.91 Å². The van der Waals surface area contributed by atoms with Gasteiger partial charge in [-0.05, 0) is 87.4 Å². The minimum Gasteiger partial charge on any atom is -0.368 e. The van der Waals surface area contributed by atoms with Crippen molar-refractivity contribution in [2.75, 3.05) is 41.3 Å². The van der Waals surface area contributed by atoms with E-state index < -0.39 is 29.2 Å². The zero-order valence-electron chi connectivity index (χ0n) is 25.5. The number of anilines is 3. The van der Waals surface area contributed by atoms with E-state index in [0.717, 1.165) is 42.9 Å². The number of aryl methyl sites for hydroxylation is 1. The molecule has 0 aliphatic carbocycles. The Kier molecular flexibility index (Phi) is 10.4. The Balaban J connectivity index is 1.40. The third kappa shape index (κ3) is 8.19. The lowest BCUT2D eigenvalue weighted by Crippen LogP contribution is -2.46. The van der Waals surface area contributed by atoms with Crippen molar-refractivity contribution in [2.24, 2.45) is 10.4 Å². The number of carbonyl (C=O) groups is 1. The first-order valence-corrected chi connectivity index (χ1v) is 15.1. The zero-order valence-corrected chi connectivity index (χ0v) is 27.0. The van der Waals surface area contributed by atoms with E-state index in [2.05, 4.69) is 20.5 Å². The average Bonchev–Trinajstić information content (AvgIpc) is 2.98. The van der Waals surface area contributed by atoms with E-state index in [0.29, 0.717) is 59.0 Å². The Bertz CT molecular complexity index is 1600. The number of piperazine rings is 1. The number of nitrogens with zero attached hydrogens (tertiary/aromatic N) is 3. The van der Waals surface area contributed by atoms with Gasteiger partial charge in [0.25, 0.3) is 0 Å². The van der Waals surface area contributed by atoms with Crippen molar-refractivity contribution >= 4 is 57.7 Å². The summed E-state index contributed by atoms with van der Waals surface area (Å²) in [7, 11) is 0. The van der Waals surface area contributed by atoms with Crippen LogP contribution in [0.5, 0.6) is 0 Å². The third-order valence-corrected chi connectivity index (χ3v) is 8.44. The Morgan fingerprint density at radius 2 is 1.48 bits per heavy atom. The summed E-state index contributed by atoms with van der Waals surface area (Å²) in [4.78, 5) is 21.0. The van der Waals surface area contributed by atoms with Crippen LogP contribution in [-0.2, 0) is 17.5 Å². The van der Waals surface area contributed by atoms with Crippen LogP contribution in [0.25, 0.3) is 0 Å². The van der Waals surface area contributed by atoms with Crippen LogP contribution in [0.15, 0.2) is 59.6 Å². The monoisotopic (exact) mass is 687 g/mol. The molecule has 46 heavy (non-hydrogen) atoms. The van der Waals surface area contributed by atoms with Gasteiger partial charge in [-0.15, -0.1) is 0 Å². The van der Waals surface area contributed by atoms with Crippen molar-refractivity contribution in [1.82, 2.24) is 5.32 Å². The first kappa shape index (κ1) is 35.2. The van der Waals surface area contributed by atoms with E-state index in [1.54, 1.807) is 31.2 Å². The number of nitrogens with one attached hydrogen (secondary N) is 2. The number of amidine groups is 1. The fourth-order valence-corrected chi connectivity index (χ4v) is 5.24. The van der Waals surface area contributed by atoms with Gasteiger partial charge in [-0.2, -0.15) is 26.3 Å². The number of benzene rings is 3. The molecule has 1 aliphatic rings. The second kappa shape index (κ2) is 13.6. The van der Waals surface area contributed by atoms with Gasteiger partial charge < -0.3 is 20.4 Å². The van der Waals surface area contributed by atoms with Gasteiger partial charge >= 0.3 is 12.4 Å². The smallest absolute Gasteiger partial charge is 0.368 e. The molecule has 4 rings (SSSR count). The highest BCUT2D eigenvalue weighted by molar-refractivity contribution is 6.34. The maximum absolute atomic E-state index is 13.2. The van der Waals surface area contributed by atoms with Crippen molar-refractivity contribution in [3.63, 3.8) is 0 Å². The molecular formula is C32H33Cl2F6N5O. The Morgan fingerprint density at radius 3 is 2.07 bits per heavy atom. The summed E-state index contributed by atoms with van der Waals surface area (Å²) < 4.78 is 78.3. The molecule has 0 saturated carbocycles. The maximum Gasteiger partial charge on any atom is 0.416 e. The van der Waals surface area contributed by atoms with Gasteiger partial charge in [-0.3, -0.25) is 4.79 Å². The highest BCUT2D eigenvalue weighted by atomic mass is 35.5. The van der Waals surface area contributed by atoms with E-state index in [-0.39, 0.29) is 6.54 Å². The van der Waals surface area contributed by atoms with Gasteiger partial charge in [0.15, 0.2) is 0 Å². The molecule has 6 nitrogen and oxygen atoms in total. The van der Waals surface area contributed by atoms with E-state index in [4.69, 9.17) is 23.2 Å². The predicted octanol–water partition coefficient (Wildman–Crippen LogP) is 9.01. The highest BCUT2D eigenvalue weighted by Gasteiger charge is 2.52. The number of halogens is 8. The van der Waals surface area contributed by atoms with Gasteiger partial charge in [-0.25, -0.2) is 4.99 Å². The fraction of sp³-hybridized carbons (Fsp3) is 0.375. The average molecular weight is 689 g/mol. The van der Waals surface area contributed by atoms with Crippen molar-refractivity contribution < 1.29 is 31.1 Å². The van der Waals surface area contributed by atoms with Crippen LogP contribution in [0.4, 0.5) is 49.1 Å². The largest absolute Gasteiger partial charge is 0.416 e. The highest BCUT2D eigenvalue weighted by Crippen LogP contribution is 2.38. The lowest BCUT2D eigenvalue weighted by Gasteiger charge is -2.38. The maximum atomic E-state index is 13.2. The normalized spacial score (nSPS) is 14.8. The van der Waals surface area contributed by atoms with Gasteiger partial charge in [0.05, 0.1) is 32.7 Å². The Morgan fingerprint density at radius 1 is 0.870 bits per heavy atom. The molecule has 248 valence electrons. The number of hydrogen-bond donors (Lipinski definition) is 2. The van der Waals surface area contributed by atoms with Crippen LogP contribution >= 0.6 is 23.2 Å². The van der Waals surface area contributed by atoms with E-state index >= 15 is 0 Å². The Hall–Kier alpha value is -3.64. The molecule has 0 unspecified atom stereocenters. The minimum atomic E-state index is -4.69. The topological polar surface area (TPSA) is 60.0 Å². The summed E-state index contributed by atoms with van der Waals surface area (Å²) >= 11 is 13.0. The number of rotatable bonds is 7. The molecule has 1 saturated heterocycles. The van der Waals surface area contributed by atoms with Crippen molar-refractivity contribution in [3.05, 3.63) is 81.3 Å². The molecule has 14 heteroatoms. The van der Waals surface area contributed by atoms with Crippen molar-refractivity contribution in [2.45, 2.75) is 46.6 Å². The number of aliphatic imine (C=N–C) groups is 1. The SMILES string of the molecule is C/C(=N\c1cc(Cl)c(N2CCN(c3ccc(C(F)(F)F)cc3)CC2)cc1C)Nc1cc(CNC(=O)C(C)(C)C(F)(F)F)ccc1Cl. The lowest BCUT2D eigenvalue weighted by atomic mass is 9.91. The molecule has 1 fully saturated rings. The molecule has 2 N–H and O–H groups in total. The molecule has 0 radical (unpaired) electrons. The van der Waals surface area contributed by atoms with Crippen LogP contribution in [0, 0.1) is 12.3 Å². The predicted molar refractivity (Wildman–Crippen MR) is 172 cm³/mol. The quantitative estimate of drug-likeness (QED) is 0.148.